The molecule has 0 saturated heterocycles. The van der Waals surface area contributed by atoms with Crippen LogP contribution >= 0.6 is 0 Å². The standard InChI is InChI=1S/C18H22FN3O3/c1-3-5-6-15(18(24)25)21-17(23)14-11-20-22(16(14)4-2)13-9-7-12(19)8-10-13/h7-11,15H,3-6H2,1-2H3,(H,21,23)(H,24,25)/t15-/m0/s1. The normalized spacial score (nSPS) is 12.0. The summed E-state index contributed by atoms with van der Waals surface area (Å²) in [6.07, 6.45) is 3.88. The van der Waals surface area contributed by atoms with Gasteiger partial charge in [0, 0.05) is 0 Å². The third-order valence-electron chi connectivity index (χ3n) is 3.97. The molecular weight excluding hydrogens is 325 g/mol. The topological polar surface area (TPSA) is 84.2 Å². The highest BCUT2D eigenvalue weighted by Crippen LogP contribution is 2.17. The van der Waals surface area contributed by atoms with Crippen molar-refractivity contribution < 1.29 is 19.1 Å². The van der Waals surface area contributed by atoms with Gasteiger partial charge in [0.05, 0.1) is 23.1 Å². The molecule has 1 amide bonds. The van der Waals surface area contributed by atoms with Gasteiger partial charge in [-0.1, -0.05) is 26.7 Å². The van der Waals surface area contributed by atoms with Crippen LogP contribution in [0.1, 0.15) is 49.2 Å². The van der Waals surface area contributed by atoms with Gasteiger partial charge in [-0.05, 0) is 37.1 Å². The van der Waals surface area contributed by atoms with E-state index in [1.807, 2.05) is 13.8 Å². The van der Waals surface area contributed by atoms with Crippen LogP contribution in [0.4, 0.5) is 4.39 Å². The van der Waals surface area contributed by atoms with E-state index in [0.717, 1.165) is 6.42 Å². The van der Waals surface area contributed by atoms with Crippen molar-refractivity contribution in [1.29, 1.82) is 0 Å². The minimum Gasteiger partial charge on any atom is -0.480 e. The average molecular weight is 347 g/mol. The summed E-state index contributed by atoms with van der Waals surface area (Å²) in [5, 5.41) is 16.0. The van der Waals surface area contributed by atoms with Crippen LogP contribution in [0.3, 0.4) is 0 Å². The van der Waals surface area contributed by atoms with Crippen LogP contribution in [0, 0.1) is 5.82 Å². The van der Waals surface area contributed by atoms with Crippen LogP contribution < -0.4 is 5.32 Å². The summed E-state index contributed by atoms with van der Waals surface area (Å²) in [6, 6.07) is 4.86. The fourth-order valence-electron chi connectivity index (χ4n) is 2.61. The van der Waals surface area contributed by atoms with Gasteiger partial charge in [-0.15, -0.1) is 0 Å². The lowest BCUT2D eigenvalue weighted by molar-refractivity contribution is -0.139. The molecule has 2 rings (SSSR count). The van der Waals surface area contributed by atoms with Gasteiger partial charge >= 0.3 is 5.97 Å². The van der Waals surface area contributed by atoms with Gasteiger partial charge < -0.3 is 10.4 Å². The number of aromatic nitrogens is 2. The van der Waals surface area contributed by atoms with E-state index in [9.17, 15) is 19.1 Å². The van der Waals surface area contributed by atoms with Crippen molar-refractivity contribution in [2.24, 2.45) is 0 Å². The third-order valence-corrected chi connectivity index (χ3v) is 3.97. The lowest BCUT2D eigenvalue weighted by Gasteiger charge is -2.14. The van der Waals surface area contributed by atoms with Crippen LogP contribution in [0.2, 0.25) is 0 Å². The van der Waals surface area contributed by atoms with Gasteiger partial charge in [0.25, 0.3) is 5.91 Å². The largest absolute Gasteiger partial charge is 0.480 e. The smallest absolute Gasteiger partial charge is 0.326 e. The Labute approximate surface area is 145 Å². The maximum atomic E-state index is 13.1. The summed E-state index contributed by atoms with van der Waals surface area (Å²) >= 11 is 0. The van der Waals surface area contributed by atoms with Gasteiger partial charge in [-0.3, -0.25) is 4.79 Å². The van der Waals surface area contributed by atoms with Gasteiger partial charge in [-0.25, -0.2) is 13.9 Å². The zero-order chi connectivity index (χ0) is 18.4. The number of amides is 1. The molecule has 0 saturated carbocycles. The van der Waals surface area contributed by atoms with Crippen molar-refractivity contribution in [2.45, 2.75) is 45.6 Å². The molecule has 0 bridgehead atoms. The lowest BCUT2D eigenvalue weighted by atomic mass is 10.1. The number of carboxylic acid groups (broad SMARTS) is 1. The Morgan fingerprint density at radius 3 is 2.52 bits per heavy atom. The minimum absolute atomic E-state index is 0.328. The Morgan fingerprint density at radius 1 is 1.28 bits per heavy atom. The predicted octanol–water partition coefficient (Wildman–Crippen LogP) is 2.95. The van der Waals surface area contributed by atoms with Gasteiger partial charge in [0.1, 0.15) is 11.9 Å². The highest BCUT2D eigenvalue weighted by molar-refractivity contribution is 5.97. The highest BCUT2D eigenvalue weighted by atomic mass is 19.1. The van der Waals surface area contributed by atoms with Gasteiger partial charge in [-0.2, -0.15) is 5.10 Å². The number of hydrogen-bond donors (Lipinski definition) is 2. The number of aliphatic carboxylic acids is 1. The lowest BCUT2D eigenvalue weighted by Crippen LogP contribution is -2.41. The fourth-order valence-corrected chi connectivity index (χ4v) is 2.61. The monoisotopic (exact) mass is 347 g/mol. The second kappa shape index (κ2) is 8.41. The quantitative estimate of drug-likeness (QED) is 0.769. The van der Waals surface area contributed by atoms with E-state index in [2.05, 4.69) is 10.4 Å². The van der Waals surface area contributed by atoms with Crippen LogP contribution in [-0.2, 0) is 11.2 Å². The molecule has 0 radical (unpaired) electrons. The van der Waals surface area contributed by atoms with Crippen molar-refractivity contribution in [3.63, 3.8) is 0 Å². The van der Waals surface area contributed by atoms with Crippen LogP contribution in [0.5, 0.6) is 0 Å². The number of hydrogen-bond acceptors (Lipinski definition) is 3. The Kier molecular flexibility index (Phi) is 6.27. The van der Waals surface area contributed by atoms with Crippen LogP contribution in [0.15, 0.2) is 30.5 Å². The number of unbranched alkanes of at least 4 members (excludes halogenated alkanes) is 1. The van der Waals surface area contributed by atoms with E-state index in [0.29, 0.717) is 36.2 Å². The molecule has 134 valence electrons. The molecule has 1 aromatic heterocycles. The summed E-state index contributed by atoms with van der Waals surface area (Å²) in [5.41, 5.74) is 1.61. The number of halogens is 1. The molecular formula is C18H22FN3O3. The first kappa shape index (κ1) is 18.6. The number of carbonyl (C=O) groups is 2. The van der Waals surface area contributed by atoms with E-state index in [4.69, 9.17) is 0 Å². The van der Waals surface area contributed by atoms with Crippen molar-refractivity contribution in [3.8, 4) is 5.69 Å². The van der Waals surface area contributed by atoms with E-state index >= 15 is 0 Å². The average Bonchev–Trinajstić information content (AvgIpc) is 3.02. The molecule has 6 nitrogen and oxygen atoms in total. The Hall–Kier alpha value is -2.70. The summed E-state index contributed by atoms with van der Waals surface area (Å²) < 4.78 is 14.7. The molecule has 2 N–H and O–H groups in total. The second-order valence-electron chi connectivity index (χ2n) is 5.75. The van der Waals surface area contributed by atoms with E-state index < -0.39 is 17.9 Å². The summed E-state index contributed by atoms with van der Waals surface area (Å²) in [5.74, 6) is -1.87. The fraction of sp³-hybridized carbons (Fsp3) is 0.389. The summed E-state index contributed by atoms with van der Waals surface area (Å²) in [7, 11) is 0. The molecule has 7 heteroatoms. The Bertz CT molecular complexity index is 741. The number of nitrogens with one attached hydrogen (secondary N) is 1. The van der Waals surface area contributed by atoms with Crippen molar-refractivity contribution in [1.82, 2.24) is 15.1 Å². The SMILES string of the molecule is CCCC[C@H](NC(=O)c1cnn(-c2ccc(F)cc2)c1CC)C(=O)O. The molecule has 0 aliphatic heterocycles. The first-order valence-electron chi connectivity index (χ1n) is 8.34. The molecule has 1 aromatic carbocycles. The third kappa shape index (κ3) is 4.43. The number of rotatable bonds is 8. The summed E-state index contributed by atoms with van der Waals surface area (Å²) in [6.45, 7) is 3.84. The van der Waals surface area contributed by atoms with Gasteiger partial charge in [0.15, 0.2) is 0 Å². The first-order valence-corrected chi connectivity index (χ1v) is 8.34. The van der Waals surface area contributed by atoms with E-state index in [1.165, 1.54) is 18.3 Å². The zero-order valence-corrected chi connectivity index (χ0v) is 14.3. The Balaban J connectivity index is 2.25. The van der Waals surface area contributed by atoms with Crippen molar-refractivity contribution in [2.75, 3.05) is 0 Å². The maximum absolute atomic E-state index is 13.1. The Morgan fingerprint density at radius 2 is 1.96 bits per heavy atom. The molecule has 0 unspecified atom stereocenters. The molecule has 0 spiro atoms. The van der Waals surface area contributed by atoms with Crippen LogP contribution in [-0.4, -0.2) is 32.8 Å². The molecule has 0 aliphatic carbocycles. The predicted molar refractivity (Wildman–Crippen MR) is 91.3 cm³/mol. The molecule has 1 atom stereocenters. The van der Waals surface area contributed by atoms with Crippen molar-refractivity contribution in [3.05, 3.63) is 47.5 Å². The second-order valence-corrected chi connectivity index (χ2v) is 5.75. The highest BCUT2D eigenvalue weighted by Gasteiger charge is 2.23. The zero-order valence-electron chi connectivity index (χ0n) is 14.3. The molecule has 1 heterocycles. The number of carboxylic acids is 1. The summed E-state index contributed by atoms with van der Waals surface area (Å²) in [4.78, 5) is 23.8. The molecule has 25 heavy (non-hydrogen) atoms. The minimum atomic E-state index is -1.05. The van der Waals surface area contributed by atoms with Crippen LogP contribution in [0.25, 0.3) is 5.69 Å². The first-order chi connectivity index (χ1) is 12.0. The molecule has 2 aromatic rings. The number of nitrogens with zero attached hydrogens (tertiary/aromatic N) is 2. The van der Waals surface area contributed by atoms with Crippen molar-refractivity contribution >= 4 is 11.9 Å². The van der Waals surface area contributed by atoms with Gasteiger partial charge in [0.2, 0.25) is 0 Å². The molecule has 0 fully saturated rings. The maximum Gasteiger partial charge on any atom is 0.326 e. The molecule has 0 aliphatic rings. The number of benzene rings is 1. The van der Waals surface area contributed by atoms with E-state index in [1.54, 1.807) is 16.8 Å². The number of carbonyl (C=O) groups excluding carboxylic acids is 1. The van der Waals surface area contributed by atoms with E-state index in [-0.39, 0.29) is 5.82 Å².